The van der Waals surface area contributed by atoms with Gasteiger partial charge >= 0.3 is 12.2 Å². The first kappa shape index (κ1) is 29.8. The Bertz CT molecular complexity index is 885. The molecule has 212 valence electrons. The van der Waals surface area contributed by atoms with Crippen LogP contribution in [0.1, 0.15) is 84.6 Å². The molecule has 1 aromatic rings. The van der Waals surface area contributed by atoms with E-state index in [-0.39, 0.29) is 18.6 Å². The highest BCUT2D eigenvalue weighted by atomic mass is 16.6. The minimum absolute atomic E-state index is 0.00129. The Morgan fingerprint density at radius 2 is 1.55 bits per heavy atom. The van der Waals surface area contributed by atoms with Crippen molar-refractivity contribution in [1.82, 2.24) is 15.1 Å². The first-order valence-electron chi connectivity index (χ1n) is 14.4. The summed E-state index contributed by atoms with van der Waals surface area (Å²) in [5.41, 5.74) is 0.363. The second-order valence-electron chi connectivity index (χ2n) is 11.8. The first-order valence-corrected chi connectivity index (χ1v) is 14.4. The van der Waals surface area contributed by atoms with Crippen molar-refractivity contribution in [2.24, 2.45) is 11.8 Å². The molecule has 3 rings (SSSR count). The lowest BCUT2D eigenvalue weighted by Crippen LogP contribution is -2.51. The van der Waals surface area contributed by atoms with Crippen LogP contribution < -0.4 is 5.32 Å². The maximum Gasteiger partial charge on any atom is 0.410 e. The zero-order valence-electron chi connectivity index (χ0n) is 23.7. The molecule has 1 unspecified atom stereocenters. The van der Waals surface area contributed by atoms with Crippen molar-refractivity contribution in [1.29, 1.82) is 0 Å². The van der Waals surface area contributed by atoms with Crippen LogP contribution in [-0.4, -0.2) is 65.7 Å². The van der Waals surface area contributed by atoms with E-state index < -0.39 is 17.7 Å². The van der Waals surface area contributed by atoms with Gasteiger partial charge in [-0.05, 0) is 70.3 Å². The summed E-state index contributed by atoms with van der Waals surface area (Å²) in [6.07, 6.45) is 6.61. The number of piperidine rings is 2. The van der Waals surface area contributed by atoms with Gasteiger partial charge in [-0.2, -0.15) is 0 Å². The van der Waals surface area contributed by atoms with Gasteiger partial charge in [0.05, 0.1) is 0 Å². The fraction of sp³-hybridized carbons (Fsp3) is 0.700. The smallest absolute Gasteiger partial charge is 0.410 e. The van der Waals surface area contributed by atoms with Gasteiger partial charge in [-0.3, -0.25) is 4.79 Å². The molecule has 38 heavy (non-hydrogen) atoms. The van der Waals surface area contributed by atoms with Crippen LogP contribution in [0.4, 0.5) is 9.59 Å². The minimum Gasteiger partial charge on any atom is -0.445 e. The van der Waals surface area contributed by atoms with Crippen LogP contribution in [0.5, 0.6) is 0 Å². The summed E-state index contributed by atoms with van der Waals surface area (Å²) in [5.74, 6) is 1.17. The van der Waals surface area contributed by atoms with Gasteiger partial charge in [0.15, 0.2) is 0 Å². The van der Waals surface area contributed by atoms with Gasteiger partial charge in [0.25, 0.3) is 0 Å². The number of rotatable bonds is 9. The van der Waals surface area contributed by atoms with Crippen molar-refractivity contribution in [3.8, 4) is 0 Å². The summed E-state index contributed by atoms with van der Waals surface area (Å²) in [6, 6.07) is 9.13. The van der Waals surface area contributed by atoms with E-state index in [1.807, 2.05) is 56.0 Å². The average molecular weight is 530 g/mol. The molecule has 2 aliphatic rings. The third-order valence-corrected chi connectivity index (χ3v) is 7.68. The van der Waals surface area contributed by atoms with Crippen LogP contribution in [0.25, 0.3) is 0 Å². The molecule has 2 fully saturated rings. The monoisotopic (exact) mass is 529 g/mol. The topological polar surface area (TPSA) is 88.2 Å². The molecule has 0 radical (unpaired) electrons. The molecule has 0 spiro atoms. The molecule has 0 saturated carbocycles. The second kappa shape index (κ2) is 14.4. The molecule has 2 heterocycles. The molecule has 0 aliphatic carbocycles. The molecular formula is C30H47N3O5. The number of nitrogens with zero attached hydrogens (tertiary/aromatic N) is 2. The number of hydrogen-bond acceptors (Lipinski definition) is 5. The molecule has 8 heteroatoms. The summed E-state index contributed by atoms with van der Waals surface area (Å²) in [6.45, 7) is 10.8. The molecule has 2 aliphatic heterocycles. The number of alkyl carbamates (subject to hydrolysis) is 1. The van der Waals surface area contributed by atoms with E-state index in [2.05, 4.69) is 12.2 Å². The van der Waals surface area contributed by atoms with Gasteiger partial charge < -0.3 is 24.6 Å². The van der Waals surface area contributed by atoms with Crippen LogP contribution in [0, 0.1) is 11.8 Å². The van der Waals surface area contributed by atoms with Gasteiger partial charge in [-0.15, -0.1) is 0 Å². The highest BCUT2D eigenvalue weighted by Gasteiger charge is 2.31. The third-order valence-electron chi connectivity index (χ3n) is 7.68. The summed E-state index contributed by atoms with van der Waals surface area (Å²) in [4.78, 5) is 42.0. The van der Waals surface area contributed by atoms with Crippen molar-refractivity contribution in [3.63, 3.8) is 0 Å². The highest BCUT2D eigenvalue weighted by Crippen LogP contribution is 2.25. The third kappa shape index (κ3) is 9.84. The quantitative estimate of drug-likeness (QED) is 0.440. The van der Waals surface area contributed by atoms with Crippen LogP contribution in [-0.2, 0) is 20.9 Å². The number of nitrogens with one attached hydrogen (secondary N) is 1. The molecule has 8 nitrogen and oxygen atoms in total. The lowest BCUT2D eigenvalue weighted by molar-refractivity contribution is -0.135. The molecule has 0 bridgehead atoms. The summed E-state index contributed by atoms with van der Waals surface area (Å²) in [5, 5.41) is 2.86. The number of ether oxygens (including phenoxy) is 2. The molecule has 3 amide bonds. The van der Waals surface area contributed by atoms with Gasteiger partial charge in [0.2, 0.25) is 5.91 Å². The highest BCUT2D eigenvalue weighted by molar-refractivity contribution is 5.85. The van der Waals surface area contributed by atoms with E-state index >= 15 is 0 Å². The SMILES string of the molecule is CCC1CCN(C(=O)C(CCCC2CCN(C(=O)OCc3ccccc3)CC2)NC(=O)OC(C)(C)C)CC1. The largest absolute Gasteiger partial charge is 0.445 e. The number of amides is 3. The van der Waals surface area contributed by atoms with Crippen molar-refractivity contribution in [3.05, 3.63) is 35.9 Å². The van der Waals surface area contributed by atoms with Gasteiger partial charge in [0.1, 0.15) is 18.2 Å². The fourth-order valence-corrected chi connectivity index (χ4v) is 5.31. The summed E-state index contributed by atoms with van der Waals surface area (Å²) < 4.78 is 10.9. The predicted octanol–water partition coefficient (Wildman–Crippen LogP) is 5.75. The number of benzene rings is 1. The Labute approximate surface area is 228 Å². The van der Waals surface area contributed by atoms with E-state index in [9.17, 15) is 14.4 Å². The fourth-order valence-electron chi connectivity index (χ4n) is 5.31. The van der Waals surface area contributed by atoms with E-state index in [0.717, 1.165) is 63.6 Å². The normalized spacial score (nSPS) is 18.1. The Balaban J connectivity index is 1.44. The molecule has 2 saturated heterocycles. The number of carbonyl (C=O) groups is 3. The number of hydrogen-bond donors (Lipinski definition) is 1. The van der Waals surface area contributed by atoms with Crippen LogP contribution in [0.3, 0.4) is 0 Å². The van der Waals surface area contributed by atoms with Gasteiger partial charge in [-0.1, -0.05) is 56.5 Å². The predicted molar refractivity (Wildman–Crippen MR) is 148 cm³/mol. The van der Waals surface area contributed by atoms with Crippen LogP contribution in [0.2, 0.25) is 0 Å². The van der Waals surface area contributed by atoms with Crippen molar-refractivity contribution in [2.75, 3.05) is 26.2 Å². The Kier molecular flexibility index (Phi) is 11.3. The number of likely N-dealkylation sites (tertiary alicyclic amines) is 2. The lowest BCUT2D eigenvalue weighted by atomic mass is 9.90. The van der Waals surface area contributed by atoms with E-state index in [1.54, 1.807) is 4.90 Å². The van der Waals surface area contributed by atoms with E-state index in [4.69, 9.17) is 9.47 Å². The van der Waals surface area contributed by atoms with Crippen molar-refractivity contribution in [2.45, 2.75) is 97.3 Å². The Morgan fingerprint density at radius 1 is 0.947 bits per heavy atom. The van der Waals surface area contributed by atoms with E-state index in [1.165, 1.54) is 0 Å². The zero-order valence-corrected chi connectivity index (χ0v) is 23.7. The molecular weight excluding hydrogens is 482 g/mol. The standard InChI is InChI=1S/C30H47N3O5/c1-5-23-14-18-32(19-15-23)27(34)26(31-28(35)38-30(2,3)4)13-9-12-24-16-20-33(21-17-24)29(36)37-22-25-10-7-6-8-11-25/h6-8,10-11,23-24,26H,5,9,12-22H2,1-4H3,(H,31,35). The number of carbonyl (C=O) groups excluding carboxylic acids is 3. The van der Waals surface area contributed by atoms with Crippen molar-refractivity contribution < 1.29 is 23.9 Å². The zero-order chi connectivity index (χ0) is 27.5. The summed E-state index contributed by atoms with van der Waals surface area (Å²) in [7, 11) is 0. The maximum absolute atomic E-state index is 13.4. The molecule has 0 aromatic heterocycles. The molecule has 1 N–H and O–H groups in total. The van der Waals surface area contributed by atoms with E-state index in [0.29, 0.717) is 31.3 Å². The average Bonchev–Trinajstić information content (AvgIpc) is 2.90. The minimum atomic E-state index is -0.618. The second-order valence-corrected chi connectivity index (χ2v) is 11.8. The van der Waals surface area contributed by atoms with Crippen LogP contribution >= 0.6 is 0 Å². The van der Waals surface area contributed by atoms with Gasteiger partial charge in [0, 0.05) is 26.2 Å². The van der Waals surface area contributed by atoms with Crippen molar-refractivity contribution >= 4 is 18.1 Å². The first-order chi connectivity index (χ1) is 18.1. The summed E-state index contributed by atoms with van der Waals surface area (Å²) >= 11 is 0. The Hall–Kier alpha value is -2.77. The molecule has 1 atom stereocenters. The van der Waals surface area contributed by atoms with Gasteiger partial charge in [-0.25, -0.2) is 9.59 Å². The maximum atomic E-state index is 13.4. The molecule has 1 aromatic carbocycles. The van der Waals surface area contributed by atoms with Crippen LogP contribution in [0.15, 0.2) is 30.3 Å². The lowest BCUT2D eigenvalue weighted by Gasteiger charge is -2.34. The Morgan fingerprint density at radius 3 is 2.16 bits per heavy atom.